The first-order valence-corrected chi connectivity index (χ1v) is 7.39. The van der Waals surface area contributed by atoms with Crippen molar-refractivity contribution >= 4 is 0 Å². The second-order valence-electron chi connectivity index (χ2n) is 6.28. The summed E-state index contributed by atoms with van der Waals surface area (Å²) >= 11 is 0. The summed E-state index contributed by atoms with van der Waals surface area (Å²) in [6.07, 6.45) is 0. The Morgan fingerprint density at radius 3 is 1.89 bits per heavy atom. The van der Waals surface area contributed by atoms with Gasteiger partial charge in [0.05, 0.1) is 0 Å². The lowest BCUT2D eigenvalue weighted by atomic mass is 9.99. The summed E-state index contributed by atoms with van der Waals surface area (Å²) in [5.74, 6) is 1.32. The van der Waals surface area contributed by atoms with Crippen LogP contribution in [0.3, 0.4) is 0 Å². The number of benzene rings is 1. The van der Waals surface area contributed by atoms with Crippen LogP contribution in [-0.4, -0.2) is 32.1 Å². The van der Waals surface area contributed by atoms with E-state index in [1.807, 2.05) is 7.05 Å². The third kappa shape index (κ3) is 5.33. The van der Waals surface area contributed by atoms with Crippen molar-refractivity contribution in [2.24, 2.45) is 5.92 Å². The first-order chi connectivity index (χ1) is 8.93. The van der Waals surface area contributed by atoms with Gasteiger partial charge in [0.15, 0.2) is 0 Å². The second kappa shape index (κ2) is 7.66. The Kier molecular flexibility index (Phi) is 6.53. The second-order valence-corrected chi connectivity index (χ2v) is 6.28. The molecule has 1 N–H and O–H groups in total. The smallest absolute Gasteiger partial charge is 0.0446 e. The Bertz CT molecular complexity index is 354. The number of hydrogen-bond acceptors (Lipinski definition) is 2. The van der Waals surface area contributed by atoms with Gasteiger partial charge >= 0.3 is 0 Å². The third-order valence-electron chi connectivity index (χ3n) is 3.53. The minimum absolute atomic E-state index is 0.407. The van der Waals surface area contributed by atoms with Crippen molar-refractivity contribution in [1.82, 2.24) is 10.2 Å². The molecule has 1 aromatic rings. The molecule has 0 fully saturated rings. The topological polar surface area (TPSA) is 15.3 Å². The zero-order chi connectivity index (χ0) is 14.4. The highest BCUT2D eigenvalue weighted by molar-refractivity contribution is 5.27. The monoisotopic (exact) mass is 262 g/mol. The Morgan fingerprint density at radius 2 is 1.47 bits per heavy atom. The molecule has 0 aromatic heterocycles. The summed E-state index contributed by atoms with van der Waals surface area (Å²) in [6, 6.07) is 9.45. The van der Waals surface area contributed by atoms with Crippen molar-refractivity contribution in [2.75, 3.05) is 27.2 Å². The van der Waals surface area contributed by atoms with Crippen molar-refractivity contribution in [3.63, 3.8) is 0 Å². The molecule has 1 rings (SSSR count). The molecule has 0 aliphatic rings. The van der Waals surface area contributed by atoms with Crippen LogP contribution in [0.2, 0.25) is 0 Å². The number of nitrogens with one attached hydrogen (secondary N) is 1. The van der Waals surface area contributed by atoms with Gasteiger partial charge in [-0.3, -0.25) is 0 Å². The molecule has 2 nitrogen and oxygen atoms in total. The standard InChI is InChI=1S/C17H30N2/c1-13(2)11-19(6)12-17(18-5)16-9-7-15(8-10-16)14(3)4/h7-10,13-14,17-18H,11-12H2,1-6H3. The van der Waals surface area contributed by atoms with Crippen molar-refractivity contribution in [1.29, 1.82) is 0 Å². The van der Waals surface area contributed by atoms with Crippen LogP contribution in [0.5, 0.6) is 0 Å². The molecule has 1 atom stereocenters. The summed E-state index contributed by atoms with van der Waals surface area (Å²) in [7, 11) is 4.25. The van der Waals surface area contributed by atoms with Crippen LogP contribution in [-0.2, 0) is 0 Å². The molecule has 0 saturated heterocycles. The van der Waals surface area contributed by atoms with E-state index in [1.54, 1.807) is 0 Å². The highest BCUT2D eigenvalue weighted by Gasteiger charge is 2.13. The zero-order valence-electron chi connectivity index (χ0n) is 13.4. The summed E-state index contributed by atoms with van der Waals surface area (Å²) in [5, 5.41) is 3.43. The van der Waals surface area contributed by atoms with Gasteiger partial charge < -0.3 is 10.2 Å². The molecule has 2 heteroatoms. The molecule has 19 heavy (non-hydrogen) atoms. The molecule has 1 aromatic carbocycles. The Hall–Kier alpha value is -0.860. The van der Waals surface area contributed by atoms with E-state index in [1.165, 1.54) is 11.1 Å². The summed E-state index contributed by atoms with van der Waals surface area (Å²) in [4.78, 5) is 2.40. The third-order valence-corrected chi connectivity index (χ3v) is 3.53. The molecule has 0 spiro atoms. The van der Waals surface area contributed by atoms with E-state index < -0.39 is 0 Å². The van der Waals surface area contributed by atoms with Gasteiger partial charge in [0.25, 0.3) is 0 Å². The fourth-order valence-corrected chi connectivity index (χ4v) is 2.49. The first kappa shape index (κ1) is 16.2. The lowest BCUT2D eigenvalue weighted by Gasteiger charge is -2.25. The summed E-state index contributed by atoms with van der Waals surface area (Å²) < 4.78 is 0. The van der Waals surface area contributed by atoms with Crippen LogP contribution >= 0.6 is 0 Å². The molecule has 0 radical (unpaired) electrons. The lowest BCUT2D eigenvalue weighted by Crippen LogP contribution is -2.33. The zero-order valence-corrected chi connectivity index (χ0v) is 13.4. The maximum absolute atomic E-state index is 3.43. The van der Waals surface area contributed by atoms with Gasteiger partial charge in [-0.25, -0.2) is 0 Å². The molecule has 0 amide bonds. The number of nitrogens with zero attached hydrogens (tertiary/aromatic N) is 1. The van der Waals surface area contributed by atoms with Crippen molar-refractivity contribution < 1.29 is 0 Å². The van der Waals surface area contributed by atoms with Crippen LogP contribution in [0.1, 0.15) is 50.8 Å². The molecule has 0 aliphatic heterocycles. The van der Waals surface area contributed by atoms with Gasteiger partial charge in [-0.1, -0.05) is 52.0 Å². The normalized spacial score (nSPS) is 13.5. The average molecular weight is 262 g/mol. The average Bonchev–Trinajstić information content (AvgIpc) is 2.35. The molecule has 0 aliphatic carbocycles. The minimum atomic E-state index is 0.407. The highest BCUT2D eigenvalue weighted by Crippen LogP contribution is 2.19. The van der Waals surface area contributed by atoms with Gasteiger partial charge in [0.2, 0.25) is 0 Å². The lowest BCUT2D eigenvalue weighted by molar-refractivity contribution is 0.267. The predicted octanol–water partition coefficient (Wildman–Crippen LogP) is 3.66. The molecule has 108 valence electrons. The number of likely N-dealkylation sites (N-methyl/N-ethyl adjacent to an activating group) is 2. The molecule has 1 unspecified atom stereocenters. The van der Waals surface area contributed by atoms with Gasteiger partial charge in [-0.15, -0.1) is 0 Å². The number of rotatable bonds is 7. The fourth-order valence-electron chi connectivity index (χ4n) is 2.49. The maximum atomic E-state index is 3.43. The highest BCUT2D eigenvalue weighted by atomic mass is 15.1. The Labute approximate surface area is 119 Å². The van der Waals surface area contributed by atoms with Crippen LogP contribution in [0.25, 0.3) is 0 Å². The Balaban J connectivity index is 2.68. The van der Waals surface area contributed by atoms with E-state index in [0.29, 0.717) is 17.9 Å². The van der Waals surface area contributed by atoms with Crippen molar-refractivity contribution in [3.05, 3.63) is 35.4 Å². The molecular weight excluding hydrogens is 232 g/mol. The predicted molar refractivity (Wildman–Crippen MR) is 84.7 cm³/mol. The minimum Gasteiger partial charge on any atom is -0.312 e. The van der Waals surface area contributed by atoms with E-state index in [9.17, 15) is 0 Å². The maximum Gasteiger partial charge on any atom is 0.0446 e. The van der Waals surface area contributed by atoms with Crippen LogP contribution in [0, 0.1) is 5.92 Å². The van der Waals surface area contributed by atoms with Crippen molar-refractivity contribution in [2.45, 2.75) is 39.7 Å². The SMILES string of the molecule is CNC(CN(C)CC(C)C)c1ccc(C(C)C)cc1. The van der Waals surface area contributed by atoms with Gasteiger partial charge in [-0.05, 0) is 37.1 Å². The molecule has 0 heterocycles. The van der Waals surface area contributed by atoms with E-state index in [2.05, 4.69) is 69.2 Å². The quantitative estimate of drug-likeness (QED) is 0.807. The van der Waals surface area contributed by atoms with Gasteiger partial charge in [0.1, 0.15) is 0 Å². The van der Waals surface area contributed by atoms with Crippen molar-refractivity contribution in [3.8, 4) is 0 Å². The fraction of sp³-hybridized carbons (Fsp3) is 0.647. The van der Waals surface area contributed by atoms with E-state index in [-0.39, 0.29) is 0 Å². The van der Waals surface area contributed by atoms with E-state index >= 15 is 0 Å². The van der Waals surface area contributed by atoms with Gasteiger partial charge in [-0.2, -0.15) is 0 Å². The van der Waals surface area contributed by atoms with Crippen LogP contribution in [0.4, 0.5) is 0 Å². The van der Waals surface area contributed by atoms with Crippen LogP contribution in [0.15, 0.2) is 24.3 Å². The van der Waals surface area contributed by atoms with E-state index in [0.717, 1.165) is 13.1 Å². The summed E-state index contributed by atoms with van der Waals surface area (Å²) in [5.41, 5.74) is 2.79. The van der Waals surface area contributed by atoms with E-state index in [4.69, 9.17) is 0 Å². The number of hydrogen-bond donors (Lipinski definition) is 1. The molecular formula is C17H30N2. The van der Waals surface area contributed by atoms with Gasteiger partial charge in [0, 0.05) is 19.1 Å². The summed E-state index contributed by atoms with van der Waals surface area (Å²) in [6.45, 7) is 11.2. The Morgan fingerprint density at radius 1 is 0.947 bits per heavy atom. The molecule has 0 saturated carbocycles. The first-order valence-electron chi connectivity index (χ1n) is 7.39. The largest absolute Gasteiger partial charge is 0.312 e. The van der Waals surface area contributed by atoms with Crippen LogP contribution < -0.4 is 5.32 Å². The molecule has 0 bridgehead atoms.